The Labute approximate surface area is 229 Å². The molecule has 0 aromatic heterocycles. The zero-order valence-electron chi connectivity index (χ0n) is 23.6. The van der Waals surface area contributed by atoms with E-state index in [1.807, 2.05) is 18.7 Å². The smallest absolute Gasteiger partial charge is 0.248 e. The Morgan fingerprint density at radius 3 is 2.16 bits per heavy atom. The summed E-state index contributed by atoms with van der Waals surface area (Å²) in [7, 11) is -1.92. The highest BCUT2D eigenvalue weighted by molar-refractivity contribution is 7.92. The second kappa shape index (κ2) is 13.6. The number of amides is 1. The van der Waals surface area contributed by atoms with E-state index in [9.17, 15) is 13.2 Å². The Hall–Kier alpha value is -1.68. The van der Waals surface area contributed by atoms with Crippen LogP contribution in [-0.2, 0) is 19.4 Å². The third-order valence-corrected chi connectivity index (χ3v) is 11.3. The summed E-state index contributed by atoms with van der Waals surface area (Å²) in [6.07, 6.45) is 7.54. The van der Waals surface area contributed by atoms with E-state index < -0.39 is 15.1 Å². The van der Waals surface area contributed by atoms with Gasteiger partial charge in [-0.2, -0.15) is 0 Å². The lowest BCUT2D eigenvalue weighted by Gasteiger charge is -2.35. The summed E-state index contributed by atoms with van der Waals surface area (Å²) >= 11 is 0. The third kappa shape index (κ3) is 7.29. The summed E-state index contributed by atoms with van der Waals surface area (Å²) in [6.45, 7) is 12.1. The second-order valence-corrected chi connectivity index (χ2v) is 13.5. The number of aryl methyl sites for hydroxylation is 2. The number of ether oxygens (including phenoxy) is 2. The molecule has 1 saturated carbocycles. The molecule has 214 valence electrons. The molecular formula is C29H47N3O5S. The van der Waals surface area contributed by atoms with E-state index in [2.05, 4.69) is 9.80 Å². The summed E-state index contributed by atoms with van der Waals surface area (Å²) in [5.74, 6) is 0.588. The Morgan fingerprint density at radius 2 is 1.53 bits per heavy atom. The van der Waals surface area contributed by atoms with Crippen LogP contribution in [0.1, 0.15) is 56.1 Å². The highest BCUT2D eigenvalue weighted by atomic mass is 32.2. The lowest BCUT2D eigenvalue weighted by atomic mass is 10.1. The van der Waals surface area contributed by atoms with Crippen LogP contribution in [0.5, 0.6) is 5.75 Å². The van der Waals surface area contributed by atoms with Gasteiger partial charge in [0, 0.05) is 26.2 Å². The van der Waals surface area contributed by atoms with E-state index in [0.717, 1.165) is 45.6 Å². The Balaban J connectivity index is 1.20. The molecule has 2 saturated heterocycles. The number of carbonyl (C=O) groups is 1. The fourth-order valence-corrected chi connectivity index (χ4v) is 9.06. The van der Waals surface area contributed by atoms with Crippen LogP contribution in [0.4, 0.5) is 0 Å². The quantitative estimate of drug-likeness (QED) is 0.419. The van der Waals surface area contributed by atoms with Gasteiger partial charge < -0.3 is 19.3 Å². The first-order valence-corrected chi connectivity index (χ1v) is 16.0. The number of carbonyl (C=O) groups excluding carboxylic acids is 1. The van der Waals surface area contributed by atoms with Crippen LogP contribution in [0.2, 0.25) is 0 Å². The summed E-state index contributed by atoms with van der Waals surface area (Å²) in [5.41, 5.74) is 1.43. The average Bonchev–Trinajstić information content (AvgIpc) is 3.38. The Kier molecular flexibility index (Phi) is 10.5. The van der Waals surface area contributed by atoms with Crippen LogP contribution in [0.15, 0.2) is 17.0 Å². The molecule has 9 heteroatoms. The van der Waals surface area contributed by atoms with Crippen molar-refractivity contribution in [3.05, 3.63) is 23.3 Å². The van der Waals surface area contributed by atoms with Crippen LogP contribution in [0.3, 0.4) is 0 Å². The van der Waals surface area contributed by atoms with Crippen LogP contribution >= 0.6 is 0 Å². The first kappa shape index (κ1) is 29.3. The minimum Gasteiger partial charge on any atom is -0.497 e. The van der Waals surface area contributed by atoms with Crippen molar-refractivity contribution in [3.8, 4) is 5.75 Å². The molecule has 0 bridgehead atoms. The second-order valence-electron chi connectivity index (χ2n) is 11.4. The average molecular weight is 550 g/mol. The zero-order chi connectivity index (χ0) is 27.1. The van der Waals surface area contributed by atoms with E-state index in [0.29, 0.717) is 34.8 Å². The number of piperidine rings is 1. The molecule has 3 fully saturated rings. The maximum Gasteiger partial charge on any atom is 0.248 e. The van der Waals surface area contributed by atoms with Crippen molar-refractivity contribution in [2.24, 2.45) is 5.92 Å². The van der Waals surface area contributed by atoms with Crippen molar-refractivity contribution < 1.29 is 22.7 Å². The Morgan fingerprint density at radius 1 is 0.895 bits per heavy atom. The lowest BCUT2D eigenvalue weighted by molar-refractivity contribution is -0.138. The van der Waals surface area contributed by atoms with Gasteiger partial charge in [0.2, 0.25) is 5.91 Å². The number of likely N-dealkylation sites (tertiary alicyclic amines) is 1. The number of piperazine rings is 1. The molecule has 8 nitrogen and oxygen atoms in total. The normalized spacial score (nSPS) is 23.6. The molecule has 0 radical (unpaired) electrons. The molecule has 38 heavy (non-hydrogen) atoms. The first-order chi connectivity index (χ1) is 18.3. The van der Waals surface area contributed by atoms with E-state index >= 15 is 0 Å². The largest absolute Gasteiger partial charge is 0.497 e. The summed E-state index contributed by atoms with van der Waals surface area (Å²) in [6, 6.07) is 3.57. The van der Waals surface area contributed by atoms with Crippen molar-refractivity contribution in [1.82, 2.24) is 14.7 Å². The van der Waals surface area contributed by atoms with Gasteiger partial charge in [-0.05, 0) is 101 Å². The SMILES string of the molecule is COc1cc(C)c(S(=O)(=O)C2CCCC2COCC(=O)N2CCN(CCCN3CCCCC3)CC2)c(C)c1. The lowest BCUT2D eigenvalue weighted by Crippen LogP contribution is -2.50. The van der Waals surface area contributed by atoms with Crippen molar-refractivity contribution in [2.45, 2.75) is 68.9 Å². The molecule has 1 aromatic carbocycles. The molecule has 2 unspecified atom stereocenters. The van der Waals surface area contributed by atoms with Crippen molar-refractivity contribution in [1.29, 1.82) is 0 Å². The zero-order valence-corrected chi connectivity index (χ0v) is 24.4. The van der Waals surface area contributed by atoms with Gasteiger partial charge in [-0.3, -0.25) is 9.69 Å². The molecule has 0 N–H and O–H groups in total. The van der Waals surface area contributed by atoms with Gasteiger partial charge in [0.15, 0.2) is 9.84 Å². The third-order valence-electron chi connectivity index (χ3n) is 8.62. The fraction of sp³-hybridized carbons (Fsp3) is 0.759. The number of sulfone groups is 1. The number of hydrogen-bond donors (Lipinski definition) is 0. The van der Waals surface area contributed by atoms with E-state index in [1.54, 1.807) is 19.2 Å². The predicted molar refractivity (Wildman–Crippen MR) is 150 cm³/mol. The molecule has 3 aliphatic rings. The van der Waals surface area contributed by atoms with Gasteiger partial charge in [0.25, 0.3) is 0 Å². The van der Waals surface area contributed by atoms with Gasteiger partial charge in [-0.15, -0.1) is 0 Å². The minimum absolute atomic E-state index is 0.0113. The minimum atomic E-state index is -3.51. The summed E-state index contributed by atoms with van der Waals surface area (Å²) in [4.78, 5) is 20.2. The summed E-state index contributed by atoms with van der Waals surface area (Å²) < 4.78 is 38.5. The summed E-state index contributed by atoms with van der Waals surface area (Å²) in [5, 5.41) is -0.475. The molecule has 2 aliphatic heterocycles. The number of rotatable bonds is 11. The van der Waals surface area contributed by atoms with Crippen LogP contribution < -0.4 is 4.74 Å². The maximum atomic E-state index is 13.6. The van der Waals surface area contributed by atoms with Crippen LogP contribution in [0, 0.1) is 19.8 Å². The molecule has 4 rings (SSSR count). The Bertz CT molecular complexity index is 1010. The number of benzene rings is 1. The molecular weight excluding hydrogens is 502 g/mol. The van der Waals surface area contributed by atoms with Crippen molar-refractivity contribution in [3.63, 3.8) is 0 Å². The fourth-order valence-electron chi connectivity index (χ4n) is 6.54. The predicted octanol–water partition coefficient (Wildman–Crippen LogP) is 3.29. The van der Waals surface area contributed by atoms with Gasteiger partial charge in [0.05, 0.1) is 23.9 Å². The van der Waals surface area contributed by atoms with Crippen molar-refractivity contribution >= 4 is 15.7 Å². The van der Waals surface area contributed by atoms with E-state index in [-0.39, 0.29) is 18.4 Å². The molecule has 1 aliphatic carbocycles. The topological polar surface area (TPSA) is 79.4 Å². The van der Waals surface area contributed by atoms with Crippen LogP contribution in [0.25, 0.3) is 0 Å². The van der Waals surface area contributed by atoms with Crippen molar-refractivity contribution in [2.75, 3.05) is 72.7 Å². The van der Waals surface area contributed by atoms with Gasteiger partial charge in [-0.25, -0.2) is 8.42 Å². The standard InChI is InChI=1S/C29H47N3O5S/c1-23-19-26(36-3)20-24(2)29(23)38(34,35)27-10-7-9-25(27)21-37-22-28(33)32-17-15-31(16-18-32)14-8-13-30-11-5-4-6-12-30/h19-20,25,27H,4-18,21-22H2,1-3H3. The molecule has 0 spiro atoms. The van der Waals surface area contributed by atoms with Gasteiger partial charge >= 0.3 is 0 Å². The van der Waals surface area contributed by atoms with Gasteiger partial charge in [-0.1, -0.05) is 12.8 Å². The number of methoxy groups -OCH3 is 1. The highest BCUT2D eigenvalue weighted by Crippen LogP contribution is 2.38. The monoisotopic (exact) mass is 549 g/mol. The molecule has 1 amide bonds. The molecule has 1 aromatic rings. The van der Waals surface area contributed by atoms with E-state index in [1.165, 1.54) is 45.3 Å². The highest BCUT2D eigenvalue weighted by Gasteiger charge is 2.40. The number of hydrogen-bond acceptors (Lipinski definition) is 7. The van der Waals surface area contributed by atoms with Crippen LogP contribution in [-0.4, -0.2) is 107 Å². The van der Waals surface area contributed by atoms with Gasteiger partial charge in [0.1, 0.15) is 12.4 Å². The van der Waals surface area contributed by atoms with E-state index in [4.69, 9.17) is 9.47 Å². The first-order valence-electron chi connectivity index (χ1n) is 14.5. The maximum absolute atomic E-state index is 13.6. The number of nitrogens with zero attached hydrogens (tertiary/aromatic N) is 3. The molecule has 2 heterocycles. The molecule has 2 atom stereocenters.